The highest BCUT2D eigenvalue weighted by atomic mass is 16.5. The van der Waals surface area contributed by atoms with Gasteiger partial charge < -0.3 is 14.8 Å². The van der Waals surface area contributed by atoms with Crippen LogP contribution in [0.4, 0.5) is 0 Å². The van der Waals surface area contributed by atoms with E-state index in [0.717, 1.165) is 18.0 Å². The van der Waals surface area contributed by atoms with Crippen molar-refractivity contribution in [2.45, 2.75) is 26.0 Å². The van der Waals surface area contributed by atoms with Crippen molar-refractivity contribution >= 4 is 0 Å². The fraction of sp³-hybridized carbons (Fsp3) is 0.727. The van der Waals surface area contributed by atoms with Crippen LogP contribution in [0.1, 0.15) is 25.6 Å². The summed E-state index contributed by atoms with van der Waals surface area (Å²) >= 11 is 0. The van der Waals surface area contributed by atoms with Gasteiger partial charge in [0.05, 0.1) is 31.1 Å². The Kier molecular flexibility index (Phi) is 4.76. The van der Waals surface area contributed by atoms with Crippen LogP contribution in [-0.2, 0) is 11.8 Å². The van der Waals surface area contributed by atoms with Crippen LogP contribution in [0.25, 0.3) is 0 Å². The summed E-state index contributed by atoms with van der Waals surface area (Å²) in [5.41, 5.74) is 1.01. The van der Waals surface area contributed by atoms with E-state index in [1.165, 1.54) is 0 Å². The van der Waals surface area contributed by atoms with Gasteiger partial charge >= 0.3 is 0 Å². The van der Waals surface area contributed by atoms with Gasteiger partial charge in [0.2, 0.25) is 0 Å². The lowest BCUT2D eigenvalue weighted by Crippen LogP contribution is -2.33. The Bertz CT molecular complexity index is 325. The quantitative estimate of drug-likeness (QED) is 0.791. The van der Waals surface area contributed by atoms with Crippen LogP contribution < -0.4 is 10.1 Å². The van der Waals surface area contributed by atoms with Gasteiger partial charge in [0.15, 0.2) is 5.75 Å². The van der Waals surface area contributed by atoms with E-state index in [4.69, 9.17) is 9.47 Å². The number of hydrogen-bond acceptors (Lipinski definition) is 4. The van der Waals surface area contributed by atoms with E-state index in [2.05, 4.69) is 17.3 Å². The molecule has 0 radical (unpaired) electrons. The van der Waals surface area contributed by atoms with Gasteiger partial charge in [-0.1, -0.05) is 6.92 Å². The number of likely N-dealkylation sites (N-methyl/N-ethyl adjacent to an activating group) is 1. The van der Waals surface area contributed by atoms with E-state index in [0.29, 0.717) is 0 Å². The van der Waals surface area contributed by atoms with E-state index in [-0.39, 0.29) is 12.1 Å². The molecule has 1 heterocycles. The SMILES string of the molecule is CCNC(c1c(OC)cnn1C)C(C)OC. The second-order valence-corrected chi connectivity index (χ2v) is 3.70. The van der Waals surface area contributed by atoms with Crippen molar-refractivity contribution in [3.63, 3.8) is 0 Å². The van der Waals surface area contributed by atoms with Crippen LogP contribution in [0.2, 0.25) is 0 Å². The van der Waals surface area contributed by atoms with Gasteiger partial charge in [0, 0.05) is 14.2 Å². The summed E-state index contributed by atoms with van der Waals surface area (Å²) in [5.74, 6) is 0.789. The van der Waals surface area contributed by atoms with E-state index in [9.17, 15) is 0 Å². The maximum Gasteiger partial charge on any atom is 0.161 e. The third kappa shape index (κ3) is 2.54. The zero-order valence-electron chi connectivity index (χ0n) is 10.7. The third-order valence-corrected chi connectivity index (χ3v) is 2.73. The molecule has 16 heavy (non-hydrogen) atoms. The molecule has 0 fully saturated rings. The lowest BCUT2D eigenvalue weighted by Gasteiger charge is -2.24. The topological polar surface area (TPSA) is 48.3 Å². The second kappa shape index (κ2) is 5.86. The molecule has 0 saturated heterocycles. The fourth-order valence-corrected chi connectivity index (χ4v) is 1.78. The summed E-state index contributed by atoms with van der Waals surface area (Å²) in [4.78, 5) is 0. The molecule has 0 aliphatic rings. The van der Waals surface area contributed by atoms with E-state index < -0.39 is 0 Å². The van der Waals surface area contributed by atoms with Crippen molar-refractivity contribution in [3.05, 3.63) is 11.9 Å². The highest BCUT2D eigenvalue weighted by molar-refractivity contribution is 5.29. The average Bonchev–Trinajstić information content (AvgIpc) is 2.66. The molecule has 0 saturated carbocycles. The van der Waals surface area contributed by atoms with Gasteiger partial charge in [-0.2, -0.15) is 5.10 Å². The smallest absolute Gasteiger partial charge is 0.161 e. The van der Waals surface area contributed by atoms with Gasteiger partial charge in [-0.05, 0) is 13.5 Å². The van der Waals surface area contributed by atoms with Gasteiger partial charge in [0.1, 0.15) is 0 Å². The molecule has 2 atom stereocenters. The molecule has 0 aromatic carbocycles. The standard InChI is InChI=1S/C11H21N3O2/c1-6-12-10(8(2)15-4)11-9(16-5)7-13-14(11)3/h7-8,10,12H,6H2,1-5H3. The molecule has 0 aliphatic carbocycles. The van der Waals surface area contributed by atoms with E-state index >= 15 is 0 Å². The highest BCUT2D eigenvalue weighted by Crippen LogP contribution is 2.27. The molecule has 0 aliphatic heterocycles. The number of nitrogens with one attached hydrogen (secondary N) is 1. The van der Waals surface area contributed by atoms with Crippen molar-refractivity contribution in [3.8, 4) is 5.75 Å². The molecule has 5 nitrogen and oxygen atoms in total. The number of hydrogen-bond donors (Lipinski definition) is 1. The Hall–Kier alpha value is -1.07. The van der Waals surface area contributed by atoms with Gasteiger partial charge in [-0.25, -0.2) is 0 Å². The Morgan fingerprint density at radius 2 is 2.19 bits per heavy atom. The van der Waals surface area contributed by atoms with E-state index in [1.807, 2.05) is 18.7 Å². The first kappa shape index (κ1) is 13.0. The minimum absolute atomic E-state index is 0.0595. The zero-order valence-corrected chi connectivity index (χ0v) is 10.7. The van der Waals surface area contributed by atoms with Crippen LogP contribution in [0.15, 0.2) is 6.20 Å². The highest BCUT2D eigenvalue weighted by Gasteiger charge is 2.25. The molecule has 5 heteroatoms. The molecule has 1 aromatic heterocycles. The molecule has 0 amide bonds. The van der Waals surface area contributed by atoms with Crippen molar-refractivity contribution in [1.29, 1.82) is 0 Å². The van der Waals surface area contributed by atoms with Crippen LogP contribution in [0.3, 0.4) is 0 Å². The van der Waals surface area contributed by atoms with Crippen molar-refractivity contribution in [2.75, 3.05) is 20.8 Å². The zero-order chi connectivity index (χ0) is 12.1. The maximum absolute atomic E-state index is 5.38. The van der Waals surface area contributed by atoms with Crippen LogP contribution in [0.5, 0.6) is 5.75 Å². The van der Waals surface area contributed by atoms with Crippen molar-refractivity contribution in [1.82, 2.24) is 15.1 Å². The predicted molar refractivity (Wildman–Crippen MR) is 62.6 cm³/mol. The normalized spacial score (nSPS) is 14.8. The number of nitrogens with zero attached hydrogens (tertiary/aromatic N) is 2. The summed E-state index contributed by atoms with van der Waals surface area (Å²) in [5, 5.41) is 7.59. The molecule has 1 rings (SSSR count). The van der Waals surface area contributed by atoms with Gasteiger partial charge in [0.25, 0.3) is 0 Å². The first-order valence-corrected chi connectivity index (χ1v) is 5.47. The number of aryl methyl sites for hydroxylation is 1. The van der Waals surface area contributed by atoms with Crippen molar-refractivity contribution < 1.29 is 9.47 Å². The lowest BCUT2D eigenvalue weighted by atomic mass is 10.1. The van der Waals surface area contributed by atoms with E-state index in [1.54, 1.807) is 20.4 Å². The summed E-state index contributed by atoms with van der Waals surface area (Å²) in [6.45, 7) is 4.96. The number of methoxy groups -OCH3 is 2. The number of aromatic nitrogens is 2. The predicted octanol–water partition coefficient (Wildman–Crippen LogP) is 1.11. The minimum Gasteiger partial charge on any atom is -0.493 e. The average molecular weight is 227 g/mol. The Labute approximate surface area is 96.7 Å². The fourth-order valence-electron chi connectivity index (χ4n) is 1.78. The van der Waals surface area contributed by atoms with Crippen LogP contribution >= 0.6 is 0 Å². The second-order valence-electron chi connectivity index (χ2n) is 3.70. The summed E-state index contributed by atoms with van der Waals surface area (Å²) in [6.07, 6.45) is 1.78. The maximum atomic E-state index is 5.38. The van der Waals surface area contributed by atoms with Crippen LogP contribution in [0, 0.1) is 0 Å². The largest absolute Gasteiger partial charge is 0.493 e. The summed E-state index contributed by atoms with van der Waals surface area (Å²) in [6, 6.07) is 0.0810. The molecule has 1 aromatic rings. The summed E-state index contributed by atoms with van der Waals surface area (Å²) < 4.78 is 12.5. The monoisotopic (exact) mass is 227 g/mol. The minimum atomic E-state index is 0.0595. The molecule has 1 N–H and O–H groups in total. The third-order valence-electron chi connectivity index (χ3n) is 2.73. The Morgan fingerprint density at radius 3 is 2.69 bits per heavy atom. The van der Waals surface area contributed by atoms with Crippen molar-refractivity contribution in [2.24, 2.45) is 7.05 Å². The van der Waals surface area contributed by atoms with Gasteiger partial charge in [-0.3, -0.25) is 4.68 Å². The molecular weight excluding hydrogens is 206 g/mol. The van der Waals surface area contributed by atoms with Crippen LogP contribution in [-0.4, -0.2) is 36.6 Å². The first-order chi connectivity index (χ1) is 7.65. The number of ether oxygens (including phenoxy) is 2. The van der Waals surface area contributed by atoms with Gasteiger partial charge in [-0.15, -0.1) is 0 Å². The number of rotatable bonds is 6. The molecule has 2 unspecified atom stereocenters. The molecule has 0 bridgehead atoms. The molecular formula is C11H21N3O2. The lowest BCUT2D eigenvalue weighted by molar-refractivity contribution is 0.0799. The Balaban J connectivity index is 3.03. The molecule has 0 spiro atoms. The summed E-state index contributed by atoms with van der Waals surface area (Å²) in [7, 11) is 5.27. The Morgan fingerprint density at radius 1 is 1.50 bits per heavy atom. The molecule has 92 valence electrons. The first-order valence-electron chi connectivity index (χ1n) is 5.47.